The largest absolute Gasteiger partial charge is 0.472 e. The average molecular weight is 898 g/mol. The molecule has 0 aromatic heterocycles. The van der Waals surface area contributed by atoms with Gasteiger partial charge in [-0.2, -0.15) is 0 Å². The molecule has 0 radical (unpaired) electrons. The molecule has 0 saturated heterocycles. The van der Waals surface area contributed by atoms with Crippen LogP contribution in [0.1, 0.15) is 187 Å². The Hall–Kier alpha value is -2.84. The topological polar surface area (TPSA) is 117 Å². The summed E-state index contributed by atoms with van der Waals surface area (Å²) >= 11 is 0. The lowest BCUT2D eigenvalue weighted by atomic mass is 10.1. The molecule has 8 nitrogen and oxygen atoms in total. The van der Waals surface area contributed by atoms with Gasteiger partial charge in [0.2, 0.25) is 0 Å². The summed E-state index contributed by atoms with van der Waals surface area (Å²) in [5.74, 6) is -0.368. The number of phosphoric acid groups is 1. The highest BCUT2D eigenvalue weighted by atomic mass is 31.2. The van der Waals surface area contributed by atoms with Gasteiger partial charge < -0.3 is 20.1 Å². The summed E-state index contributed by atoms with van der Waals surface area (Å²) in [6.07, 6.45) is 68.3. The predicted octanol–water partition coefficient (Wildman–Crippen LogP) is 15.6. The van der Waals surface area contributed by atoms with Crippen LogP contribution in [0.3, 0.4) is 0 Å². The van der Waals surface area contributed by atoms with E-state index in [0.29, 0.717) is 13.0 Å². The van der Waals surface area contributed by atoms with E-state index in [1.807, 2.05) is 0 Å². The quantitative estimate of drug-likeness (QED) is 0.0268. The standard InChI is InChI=1S/C54H92NO7P/c1-3-5-7-9-11-13-15-17-19-21-23-24-25-26-27-28-29-31-33-35-37-39-41-43-45-47-54(56)62-53(52-61-63(57,58)60-50-48-55)51-59-49-46-44-42-40-38-36-34-32-30-22-20-18-16-14-12-10-8-6-4-2/h5,7,11,13-14,16-17,19-20,22-24,26-27,29,31,35,37,53H,3-4,6,8-10,12,15,18,21,25,28,30,32-34,36,38-52,55H2,1-2H3,(H,57,58)/b7-5-,13-11-,16-14-,19-17-,22-20-,24-23-,27-26-,31-29-,37-35-. The number of hydrogen-bond acceptors (Lipinski definition) is 7. The van der Waals surface area contributed by atoms with Crippen molar-refractivity contribution < 1.29 is 32.8 Å². The van der Waals surface area contributed by atoms with Crippen molar-refractivity contribution in [2.75, 3.05) is 33.0 Å². The second kappa shape index (κ2) is 50.2. The van der Waals surface area contributed by atoms with Gasteiger partial charge in [0.15, 0.2) is 0 Å². The van der Waals surface area contributed by atoms with Crippen molar-refractivity contribution >= 4 is 13.8 Å². The molecule has 0 spiro atoms. The molecule has 0 amide bonds. The Bertz CT molecular complexity index is 1330. The van der Waals surface area contributed by atoms with E-state index < -0.39 is 13.9 Å². The van der Waals surface area contributed by atoms with E-state index in [-0.39, 0.29) is 38.8 Å². The summed E-state index contributed by atoms with van der Waals surface area (Å²) < 4.78 is 33.5. The van der Waals surface area contributed by atoms with Gasteiger partial charge in [0.1, 0.15) is 6.10 Å². The van der Waals surface area contributed by atoms with Crippen LogP contribution in [-0.2, 0) is 27.9 Å². The van der Waals surface area contributed by atoms with Gasteiger partial charge in [-0.1, -0.05) is 187 Å². The molecule has 0 bridgehead atoms. The van der Waals surface area contributed by atoms with Crippen LogP contribution in [0.5, 0.6) is 0 Å². The molecule has 0 saturated carbocycles. The van der Waals surface area contributed by atoms with E-state index in [1.165, 1.54) is 77.0 Å². The van der Waals surface area contributed by atoms with Crippen LogP contribution in [0.2, 0.25) is 0 Å². The molecular weight excluding hydrogens is 806 g/mol. The van der Waals surface area contributed by atoms with E-state index in [9.17, 15) is 14.3 Å². The molecule has 0 aromatic rings. The highest BCUT2D eigenvalue weighted by Gasteiger charge is 2.25. The maximum Gasteiger partial charge on any atom is 0.472 e. The Morgan fingerprint density at radius 3 is 1.33 bits per heavy atom. The second-order valence-electron chi connectivity index (χ2n) is 15.9. The molecule has 9 heteroatoms. The van der Waals surface area contributed by atoms with Crippen LogP contribution < -0.4 is 5.73 Å². The van der Waals surface area contributed by atoms with Crippen molar-refractivity contribution in [3.8, 4) is 0 Å². The number of phosphoric ester groups is 1. The molecule has 2 unspecified atom stereocenters. The van der Waals surface area contributed by atoms with Crippen LogP contribution >= 0.6 is 7.82 Å². The third-order valence-electron chi connectivity index (χ3n) is 9.92. The number of ether oxygens (including phenoxy) is 2. The zero-order chi connectivity index (χ0) is 45.8. The summed E-state index contributed by atoms with van der Waals surface area (Å²) in [5.41, 5.74) is 5.38. The number of rotatable bonds is 46. The summed E-state index contributed by atoms with van der Waals surface area (Å²) in [7, 11) is -4.30. The van der Waals surface area contributed by atoms with Gasteiger partial charge in [-0.05, 0) is 103 Å². The number of carbonyl (C=O) groups is 1. The molecule has 2 atom stereocenters. The van der Waals surface area contributed by atoms with Crippen molar-refractivity contribution in [3.05, 3.63) is 109 Å². The molecule has 360 valence electrons. The average Bonchev–Trinajstić information content (AvgIpc) is 3.28. The Balaban J connectivity index is 4.10. The normalized spacial score (nSPS) is 14.3. The van der Waals surface area contributed by atoms with E-state index >= 15 is 0 Å². The molecule has 0 aliphatic heterocycles. The molecule has 0 rings (SSSR count). The fraction of sp³-hybridized carbons (Fsp3) is 0.648. The minimum absolute atomic E-state index is 0.0872. The predicted molar refractivity (Wildman–Crippen MR) is 270 cm³/mol. The van der Waals surface area contributed by atoms with Gasteiger partial charge in [-0.25, -0.2) is 4.57 Å². The lowest BCUT2D eigenvalue weighted by molar-refractivity contribution is -0.154. The molecule has 3 N–H and O–H groups in total. The van der Waals surface area contributed by atoms with Gasteiger partial charge in [-0.3, -0.25) is 13.8 Å². The first-order valence-corrected chi connectivity index (χ1v) is 26.4. The van der Waals surface area contributed by atoms with Crippen LogP contribution in [0.15, 0.2) is 109 Å². The zero-order valence-electron chi connectivity index (χ0n) is 40.0. The highest BCUT2D eigenvalue weighted by Crippen LogP contribution is 2.43. The van der Waals surface area contributed by atoms with Gasteiger partial charge in [0.05, 0.1) is 19.8 Å². The van der Waals surface area contributed by atoms with Crippen LogP contribution in [0, 0.1) is 0 Å². The van der Waals surface area contributed by atoms with Crippen LogP contribution in [-0.4, -0.2) is 49.9 Å². The fourth-order valence-corrected chi connectivity index (χ4v) is 7.07. The number of hydrogen-bond donors (Lipinski definition) is 2. The Labute approximate surface area is 386 Å². The number of carbonyl (C=O) groups excluding carboxylic acids is 1. The lowest BCUT2D eigenvalue weighted by Crippen LogP contribution is -2.28. The first-order valence-electron chi connectivity index (χ1n) is 24.9. The first kappa shape index (κ1) is 60.2. The van der Waals surface area contributed by atoms with Gasteiger partial charge in [0, 0.05) is 19.6 Å². The molecular formula is C54H92NO7P. The fourth-order valence-electron chi connectivity index (χ4n) is 6.30. The maximum absolute atomic E-state index is 12.6. The Kier molecular flexibility index (Phi) is 47.9. The summed E-state index contributed by atoms with van der Waals surface area (Å²) in [6.45, 7) is 4.71. The van der Waals surface area contributed by atoms with E-state index in [4.69, 9.17) is 24.3 Å². The SMILES string of the molecule is CC/C=C\C/C=C\C/C=C\C/C=C\C/C=C\C/C=C\C/C=C\CCCCCC(=O)OC(COCCCCCCCCCC/C=C\C/C=C\CCCCCC)COP(=O)(O)OCCN. The molecule has 0 aliphatic rings. The molecule has 63 heavy (non-hydrogen) atoms. The second-order valence-corrected chi connectivity index (χ2v) is 17.4. The third-order valence-corrected chi connectivity index (χ3v) is 10.9. The molecule has 0 aliphatic carbocycles. The highest BCUT2D eigenvalue weighted by molar-refractivity contribution is 7.47. The smallest absolute Gasteiger partial charge is 0.457 e. The van der Waals surface area contributed by atoms with Crippen LogP contribution in [0.25, 0.3) is 0 Å². The number of esters is 1. The van der Waals surface area contributed by atoms with Crippen molar-refractivity contribution in [1.29, 1.82) is 0 Å². The van der Waals surface area contributed by atoms with Gasteiger partial charge >= 0.3 is 13.8 Å². The minimum atomic E-state index is -4.30. The monoisotopic (exact) mass is 898 g/mol. The number of unbranched alkanes of at least 4 members (excludes halogenated alkanes) is 15. The van der Waals surface area contributed by atoms with Gasteiger partial charge in [-0.15, -0.1) is 0 Å². The van der Waals surface area contributed by atoms with E-state index in [0.717, 1.165) is 83.5 Å². The summed E-state index contributed by atoms with van der Waals surface area (Å²) in [4.78, 5) is 22.6. The van der Waals surface area contributed by atoms with Gasteiger partial charge in [0.25, 0.3) is 0 Å². The minimum Gasteiger partial charge on any atom is -0.457 e. The molecule has 0 fully saturated rings. The first-order chi connectivity index (χ1) is 30.9. The Morgan fingerprint density at radius 2 is 0.889 bits per heavy atom. The zero-order valence-corrected chi connectivity index (χ0v) is 40.9. The number of nitrogens with two attached hydrogens (primary N) is 1. The maximum atomic E-state index is 12.6. The van der Waals surface area contributed by atoms with E-state index in [1.54, 1.807) is 0 Å². The molecule has 0 heterocycles. The molecule has 0 aromatic carbocycles. The van der Waals surface area contributed by atoms with Crippen molar-refractivity contribution in [2.24, 2.45) is 5.73 Å². The van der Waals surface area contributed by atoms with Crippen molar-refractivity contribution in [2.45, 2.75) is 193 Å². The van der Waals surface area contributed by atoms with Crippen LogP contribution in [0.4, 0.5) is 0 Å². The number of allylic oxidation sites excluding steroid dienone is 18. The van der Waals surface area contributed by atoms with Crippen molar-refractivity contribution in [1.82, 2.24) is 0 Å². The summed E-state index contributed by atoms with van der Waals surface area (Å²) in [6, 6.07) is 0. The van der Waals surface area contributed by atoms with E-state index in [2.05, 4.69) is 123 Å². The van der Waals surface area contributed by atoms with Crippen molar-refractivity contribution in [3.63, 3.8) is 0 Å². The third kappa shape index (κ3) is 50.0. The Morgan fingerprint density at radius 1 is 0.492 bits per heavy atom. The summed E-state index contributed by atoms with van der Waals surface area (Å²) in [5, 5.41) is 0. The lowest BCUT2D eigenvalue weighted by Gasteiger charge is -2.20.